The van der Waals surface area contributed by atoms with Crippen molar-refractivity contribution < 1.29 is 14.6 Å². The molecule has 3 aromatic heterocycles. The molecule has 0 unspecified atom stereocenters. The quantitative estimate of drug-likeness (QED) is 0.550. The summed E-state index contributed by atoms with van der Waals surface area (Å²) in [6.07, 6.45) is 1.80. The fraction of sp³-hybridized carbons (Fsp3) is 0.478. The van der Waals surface area contributed by atoms with Gasteiger partial charge in [-0.1, -0.05) is 0 Å². The molecule has 2 saturated heterocycles. The van der Waals surface area contributed by atoms with E-state index in [1.165, 1.54) is 0 Å². The summed E-state index contributed by atoms with van der Waals surface area (Å²) in [5.41, 5.74) is 10.9. The maximum Gasteiger partial charge on any atom is 0.248 e. The third-order valence-electron chi connectivity index (χ3n) is 6.41. The van der Waals surface area contributed by atoms with Gasteiger partial charge in [0.15, 0.2) is 0 Å². The molecule has 0 bridgehead atoms. The minimum atomic E-state index is -0.432. The molecule has 0 spiro atoms. The Morgan fingerprint density at radius 3 is 2.65 bits per heavy atom. The normalized spacial score (nSPS) is 17.5. The molecule has 2 aliphatic heterocycles. The third-order valence-corrected chi connectivity index (χ3v) is 7.44. The van der Waals surface area contributed by atoms with Gasteiger partial charge < -0.3 is 25.4 Å². The van der Waals surface area contributed by atoms with Crippen molar-refractivity contribution in [2.75, 3.05) is 69.7 Å². The molecule has 3 aromatic rings. The Hall–Kier alpha value is -2.86. The number of aliphatic hydroxyl groups is 1. The van der Waals surface area contributed by atoms with Crippen LogP contribution < -0.4 is 10.6 Å². The molecule has 11 heteroatoms. The van der Waals surface area contributed by atoms with E-state index in [-0.39, 0.29) is 5.91 Å². The van der Waals surface area contributed by atoms with Crippen molar-refractivity contribution in [1.29, 1.82) is 0 Å². The van der Waals surface area contributed by atoms with Crippen molar-refractivity contribution in [2.24, 2.45) is 0 Å². The number of fused-ring (bicyclic) bond motifs is 1. The SMILES string of the molecule is Cc1cc(N)ncc1-c1nc(N2CCOCC2)nc2c(CN3CCN(C(=O)CO)CC3)csc12. The first-order valence-corrected chi connectivity index (χ1v) is 12.4. The van der Waals surface area contributed by atoms with Crippen LogP contribution in [0.2, 0.25) is 0 Å². The van der Waals surface area contributed by atoms with Crippen molar-refractivity contribution in [3.05, 3.63) is 28.8 Å². The summed E-state index contributed by atoms with van der Waals surface area (Å²) >= 11 is 1.65. The fourth-order valence-electron chi connectivity index (χ4n) is 4.48. The van der Waals surface area contributed by atoms with Crippen LogP contribution >= 0.6 is 11.3 Å². The third kappa shape index (κ3) is 4.56. The number of piperazine rings is 1. The number of hydrogen-bond acceptors (Lipinski definition) is 10. The van der Waals surface area contributed by atoms with E-state index in [0.29, 0.717) is 38.1 Å². The number of thiophene rings is 1. The number of rotatable bonds is 5. The zero-order valence-corrected chi connectivity index (χ0v) is 20.1. The zero-order valence-electron chi connectivity index (χ0n) is 19.2. The number of pyridine rings is 1. The molecular weight excluding hydrogens is 454 g/mol. The number of aliphatic hydroxyl groups excluding tert-OH is 1. The number of nitrogens with two attached hydrogens (primary N) is 1. The topological polar surface area (TPSA) is 121 Å². The molecule has 3 N–H and O–H groups in total. The number of carbonyl (C=O) groups is 1. The zero-order chi connectivity index (χ0) is 23.7. The lowest BCUT2D eigenvalue weighted by Crippen LogP contribution is -2.49. The van der Waals surface area contributed by atoms with Gasteiger partial charge in [-0.3, -0.25) is 9.69 Å². The van der Waals surface area contributed by atoms with Crippen LogP contribution in [-0.4, -0.2) is 94.9 Å². The summed E-state index contributed by atoms with van der Waals surface area (Å²) in [6, 6.07) is 1.87. The number of morpholine rings is 1. The van der Waals surface area contributed by atoms with Gasteiger partial charge in [0.05, 0.1) is 29.1 Å². The minimum absolute atomic E-state index is 0.208. The molecule has 5 rings (SSSR count). The summed E-state index contributed by atoms with van der Waals surface area (Å²) in [4.78, 5) is 32.3. The lowest BCUT2D eigenvalue weighted by atomic mass is 10.1. The monoisotopic (exact) mass is 483 g/mol. The van der Waals surface area contributed by atoms with Gasteiger partial charge in [0.25, 0.3) is 0 Å². The molecule has 34 heavy (non-hydrogen) atoms. The van der Waals surface area contributed by atoms with E-state index < -0.39 is 6.61 Å². The number of hydrogen-bond donors (Lipinski definition) is 2. The van der Waals surface area contributed by atoms with E-state index >= 15 is 0 Å². The van der Waals surface area contributed by atoms with Crippen LogP contribution in [0, 0.1) is 6.92 Å². The maximum atomic E-state index is 11.8. The average Bonchev–Trinajstić information content (AvgIpc) is 3.27. The van der Waals surface area contributed by atoms with Crippen LogP contribution in [0.5, 0.6) is 0 Å². The lowest BCUT2D eigenvalue weighted by Gasteiger charge is -2.34. The predicted octanol–water partition coefficient (Wildman–Crippen LogP) is 1.12. The number of nitrogen functional groups attached to an aromatic ring is 1. The largest absolute Gasteiger partial charge is 0.387 e. The first kappa shape index (κ1) is 22.9. The molecule has 5 heterocycles. The number of ether oxygens (including phenoxy) is 1. The van der Waals surface area contributed by atoms with Gasteiger partial charge in [0, 0.05) is 63.1 Å². The Labute approximate surface area is 202 Å². The van der Waals surface area contributed by atoms with Crippen LogP contribution in [0.3, 0.4) is 0 Å². The number of nitrogens with zero attached hydrogens (tertiary/aromatic N) is 6. The maximum absolute atomic E-state index is 11.8. The first-order chi connectivity index (χ1) is 16.5. The van der Waals surface area contributed by atoms with Gasteiger partial charge in [-0.25, -0.2) is 15.0 Å². The Kier molecular flexibility index (Phi) is 6.59. The number of carbonyl (C=O) groups excluding carboxylic acids is 1. The molecule has 2 fully saturated rings. The second kappa shape index (κ2) is 9.79. The van der Waals surface area contributed by atoms with E-state index in [2.05, 4.69) is 20.2 Å². The van der Waals surface area contributed by atoms with E-state index in [0.717, 1.165) is 65.3 Å². The number of aromatic nitrogens is 3. The van der Waals surface area contributed by atoms with E-state index in [1.807, 2.05) is 13.0 Å². The number of anilines is 2. The van der Waals surface area contributed by atoms with Gasteiger partial charge >= 0.3 is 0 Å². The molecule has 0 aromatic carbocycles. The van der Waals surface area contributed by atoms with Crippen LogP contribution in [0.4, 0.5) is 11.8 Å². The summed E-state index contributed by atoms with van der Waals surface area (Å²) in [6.45, 7) is 7.94. The highest BCUT2D eigenvalue weighted by molar-refractivity contribution is 7.17. The second-order valence-electron chi connectivity index (χ2n) is 8.65. The van der Waals surface area contributed by atoms with Crippen molar-refractivity contribution in [3.63, 3.8) is 0 Å². The van der Waals surface area contributed by atoms with Gasteiger partial charge in [-0.2, -0.15) is 0 Å². The molecule has 180 valence electrons. The highest BCUT2D eigenvalue weighted by Gasteiger charge is 2.24. The predicted molar refractivity (Wildman–Crippen MR) is 132 cm³/mol. The highest BCUT2D eigenvalue weighted by atomic mass is 32.1. The smallest absolute Gasteiger partial charge is 0.248 e. The van der Waals surface area contributed by atoms with Gasteiger partial charge in [0.1, 0.15) is 12.4 Å². The van der Waals surface area contributed by atoms with Gasteiger partial charge in [-0.05, 0) is 23.9 Å². The number of aryl methyl sites for hydroxylation is 1. The van der Waals surface area contributed by atoms with Crippen LogP contribution in [0.1, 0.15) is 11.1 Å². The lowest BCUT2D eigenvalue weighted by molar-refractivity contribution is -0.135. The molecule has 1 amide bonds. The standard InChI is InChI=1S/C23H29N7O3S/c1-15-10-18(24)25-11-17(15)21-22-20(26-23(27-21)30-6-8-33-9-7-30)16(14-34-22)12-28-2-4-29(5-3-28)19(32)13-31/h10-11,14,31H,2-9,12-13H2,1H3,(H2,24,25). The molecule has 10 nitrogen and oxygen atoms in total. The molecule has 0 saturated carbocycles. The summed E-state index contributed by atoms with van der Waals surface area (Å²) in [7, 11) is 0. The van der Waals surface area contributed by atoms with Crippen molar-refractivity contribution in [3.8, 4) is 11.3 Å². The van der Waals surface area contributed by atoms with Crippen LogP contribution in [-0.2, 0) is 16.1 Å². The van der Waals surface area contributed by atoms with Crippen molar-refractivity contribution in [1.82, 2.24) is 24.8 Å². The van der Waals surface area contributed by atoms with Crippen LogP contribution in [0.15, 0.2) is 17.6 Å². The van der Waals surface area contributed by atoms with Crippen LogP contribution in [0.25, 0.3) is 21.5 Å². The van der Waals surface area contributed by atoms with Crippen molar-refractivity contribution >= 4 is 39.2 Å². The minimum Gasteiger partial charge on any atom is -0.387 e. The first-order valence-electron chi connectivity index (χ1n) is 11.5. The summed E-state index contributed by atoms with van der Waals surface area (Å²) in [5, 5.41) is 11.3. The average molecular weight is 484 g/mol. The molecule has 0 atom stereocenters. The van der Waals surface area contributed by atoms with Gasteiger partial charge in [-0.15, -0.1) is 11.3 Å². The molecule has 0 radical (unpaired) electrons. The van der Waals surface area contributed by atoms with Crippen molar-refractivity contribution in [2.45, 2.75) is 13.5 Å². The molecule has 0 aliphatic carbocycles. The summed E-state index contributed by atoms with van der Waals surface area (Å²) in [5.74, 6) is 0.992. The summed E-state index contributed by atoms with van der Waals surface area (Å²) < 4.78 is 6.57. The molecular formula is C23H29N7O3S. The van der Waals surface area contributed by atoms with Gasteiger partial charge in [0.2, 0.25) is 11.9 Å². The Morgan fingerprint density at radius 1 is 1.18 bits per heavy atom. The highest BCUT2D eigenvalue weighted by Crippen LogP contribution is 2.36. The Morgan fingerprint density at radius 2 is 1.94 bits per heavy atom. The van der Waals surface area contributed by atoms with E-state index in [4.69, 9.17) is 25.5 Å². The van der Waals surface area contributed by atoms with E-state index in [9.17, 15) is 4.79 Å². The van der Waals surface area contributed by atoms with E-state index in [1.54, 1.807) is 22.4 Å². The molecule has 2 aliphatic rings. The second-order valence-corrected chi connectivity index (χ2v) is 9.53. The Balaban J connectivity index is 1.49. The Bertz CT molecular complexity index is 1190. The fourth-order valence-corrected chi connectivity index (χ4v) is 5.48. The number of amides is 1.